The third-order valence-electron chi connectivity index (χ3n) is 5.07. The monoisotopic (exact) mass is 464 g/mol. The summed E-state index contributed by atoms with van der Waals surface area (Å²) in [5.74, 6) is 1.40. The highest BCUT2D eigenvalue weighted by Crippen LogP contribution is 2.19. The third-order valence-corrected chi connectivity index (χ3v) is 5.07. The normalized spacial score (nSPS) is 24.7. The molecule has 0 aliphatic carbocycles. The Morgan fingerprint density at radius 3 is 2.68 bits per heavy atom. The van der Waals surface area contributed by atoms with Crippen LogP contribution in [-0.2, 0) is 4.79 Å². The second-order valence-electron chi connectivity index (χ2n) is 6.79. The number of urea groups is 1. The number of rotatable bonds is 5. The summed E-state index contributed by atoms with van der Waals surface area (Å²) in [6, 6.07) is -0.302. The Hall–Kier alpha value is -1.10. The fraction of sp³-hybridized carbons (Fsp3) is 0.812. The maximum Gasteiger partial charge on any atom is 0.324 e. The molecule has 0 spiro atoms. The first-order chi connectivity index (χ1) is 11.7. The summed E-state index contributed by atoms with van der Waals surface area (Å²) < 4.78 is 0. The van der Waals surface area contributed by atoms with Gasteiger partial charge in [-0.15, -0.1) is 24.0 Å². The number of carbonyl (C=O) groups is 2. The molecule has 2 N–H and O–H groups in total. The Kier molecular flexibility index (Phi) is 7.73. The molecular weight excluding hydrogens is 435 g/mol. The molecule has 3 aliphatic rings. The van der Waals surface area contributed by atoms with Crippen LogP contribution in [0.15, 0.2) is 4.99 Å². The first kappa shape index (κ1) is 20.2. The number of hydrogen-bond acceptors (Lipinski definition) is 4. The lowest BCUT2D eigenvalue weighted by atomic mass is 10.1. The van der Waals surface area contributed by atoms with Gasteiger partial charge in [-0.3, -0.25) is 14.7 Å². The van der Waals surface area contributed by atoms with Gasteiger partial charge in [-0.25, -0.2) is 4.79 Å². The third kappa shape index (κ3) is 5.19. The molecule has 3 fully saturated rings. The molecule has 0 aromatic rings. The van der Waals surface area contributed by atoms with E-state index in [-0.39, 0.29) is 42.5 Å². The fourth-order valence-electron chi connectivity index (χ4n) is 3.80. The number of guanidine groups is 1. The van der Waals surface area contributed by atoms with E-state index in [1.54, 1.807) is 7.05 Å². The Labute approximate surface area is 166 Å². The minimum atomic E-state index is -0.302. The van der Waals surface area contributed by atoms with Crippen molar-refractivity contribution in [1.29, 1.82) is 0 Å². The number of aliphatic imine (C=N–C) groups is 1. The summed E-state index contributed by atoms with van der Waals surface area (Å²) >= 11 is 0. The first-order valence-corrected chi connectivity index (χ1v) is 8.93. The summed E-state index contributed by atoms with van der Waals surface area (Å²) in [4.78, 5) is 33.5. The highest BCUT2D eigenvalue weighted by Gasteiger charge is 2.29. The zero-order valence-electron chi connectivity index (χ0n) is 14.9. The van der Waals surface area contributed by atoms with Crippen molar-refractivity contribution in [3.05, 3.63) is 0 Å². The molecule has 3 heterocycles. The minimum Gasteiger partial charge on any atom is -0.354 e. The van der Waals surface area contributed by atoms with Crippen molar-refractivity contribution in [1.82, 2.24) is 25.3 Å². The lowest BCUT2D eigenvalue weighted by molar-refractivity contribution is -0.124. The largest absolute Gasteiger partial charge is 0.354 e. The zero-order chi connectivity index (χ0) is 16.9. The number of likely N-dealkylation sites (tertiary alicyclic amines) is 2. The summed E-state index contributed by atoms with van der Waals surface area (Å²) in [5.41, 5.74) is 0. The van der Waals surface area contributed by atoms with Gasteiger partial charge in [0.1, 0.15) is 0 Å². The van der Waals surface area contributed by atoms with E-state index in [1.807, 2.05) is 0 Å². The topological polar surface area (TPSA) is 80.3 Å². The van der Waals surface area contributed by atoms with Crippen LogP contribution in [0.25, 0.3) is 0 Å². The van der Waals surface area contributed by atoms with E-state index in [0.29, 0.717) is 19.0 Å². The van der Waals surface area contributed by atoms with Gasteiger partial charge < -0.3 is 20.4 Å². The molecule has 0 radical (unpaired) electrons. The Bertz CT molecular complexity index is 493. The second kappa shape index (κ2) is 9.56. The van der Waals surface area contributed by atoms with Gasteiger partial charge in [-0.05, 0) is 38.3 Å². The van der Waals surface area contributed by atoms with Gasteiger partial charge in [0, 0.05) is 39.8 Å². The van der Waals surface area contributed by atoms with Crippen molar-refractivity contribution in [2.45, 2.75) is 19.3 Å². The zero-order valence-corrected chi connectivity index (χ0v) is 17.2. The van der Waals surface area contributed by atoms with E-state index in [4.69, 9.17) is 0 Å². The maximum absolute atomic E-state index is 11.6. The van der Waals surface area contributed by atoms with Gasteiger partial charge >= 0.3 is 6.03 Å². The summed E-state index contributed by atoms with van der Waals surface area (Å²) in [6.07, 6.45) is 3.87. The van der Waals surface area contributed by atoms with Gasteiger partial charge in [0.15, 0.2) is 5.96 Å². The van der Waals surface area contributed by atoms with Crippen molar-refractivity contribution >= 4 is 41.9 Å². The minimum absolute atomic E-state index is 0. The quantitative estimate of drug-likeness (QED) is 0.262. The van der Waals surface area contributed by atoms with Crippen molar-refractivity contribution in [2.75, 3.05) is 59.4 Å². The molecule has 0 saturated carbocycles. The van der Waals surface area contributed by atoms with Gasteiger partial charge in [0.2, 0.25) is 5.91 Å². The van der Waals surface area contributed by atoms with Crippen molar-refractivity contribution in [3.8, 4) is 0 Å². The molecule has 1 atom stereocenters. The molecule has 0 bridgehead atoms. The second-order valence-corrected chi connectivity index (χ2v) is 6.79. The molecule has 3 rings (SSSR count). The van der Waals surface area contributed by atoms with Crippen molar-refractivity contribution in [2.24, 2.45) is 10.9 Å². The predicted molar refractivity (Wildman–Crippen MR) is 107 cm³/mol. The van der Waals surface area contributed by atoms with Crippen LogP contribution in [0.1, 0.15) is 19.3 Å². The number of nitrogens with zero attached hydrogens (tertiary/aromatic N) is 4. The fourth-order valence-corrected chi connectivity index (χ4v) is 3.80. The van der Waals surface area contributed by atoms with Crippen LogP contribution in [0, 0.1) is 5.92 Å². The highest BCUT2D eigenvalue weighted by atomic mass is 127. The van der Waals surface area contributed by atoms with E-state index in [1.165, 1.54) is 43.8 Å². The molecule has 3 aliphatic heterocycles. The van der Waals surface area contributed by atoms with E-state index in [0.717, 1.165) is 19.0 Å². The molecule has 0 aromatic carbocycles. The number of halogens is 1. The van der Waals surface area contributed by atoms with Crippen LogP contribution in [0.2, 0.25) is 0 Å². The molecule has 142 valence electrons. The molecule has 1 unspecified atom stereocenters. The van der Waals surface area contributed by atoms with Crippen LogP contribution in [-0.4, -0.2) is 92.0 Å². The van der Waals surface area contributed by atoms with Crippen LogP contribution >= 0.6 is 24.0 Å². The molecule has 8 nitrogen and oxygen atoms in total. The molecule has 0 aromatic heterocycles. The summed E-state index contributed by atoms with van der Waals surface area (Å²) in [7, 11) is 1.78. The molecular formula is C16H29IN6O2. The van der Waals surface area contributed by atoms with Crippen molar-refractivity contribution in [3.63, 3.8) is 0 Å². The average Bonchev–Trinajstić information content (AvgIpc) is 3.30. The van der Waals surface area contributed by atoms with Gasteiger partial charge in [0.05, 0.1) is 6.54 Å². The van der Waals surface area contributed by atoms with Crippen LogP contribution < -0.4 is 10.6 Å². The molecule has 3 amide bonds. The van der Waals surface area contributed by atoms with Crippen LogP contribution in [0.3, 0.4) is 0 Å². The van der Waals surface area contributed by atoms with Crippen LogP contribution in [0.5, 0.6) is 0 Å². The SMILES string of the molecule is CN=C(NCCN1C(=O)CNC1=O)N1CCC(CN2CCCC2)C1.I. The lowest BCUT2D eigenvalue weighted by Crippen LogP contribution is -2.44. The number of nitrogens with one attached hydrogen (secondary N) is 2. The number of hydrogen-bond donors (Lipinski definition) is 2. The number of amides is 3. The molecule has 25 heavy (non-hydrogen) atoms. The number of carbonyl (C=O) groups excluding carboxylic acids is 2. The maximum atomic E-state index is 11.6. The summed E-state index contributed by atoms with van der Waals surface area (Å²) in [6.45, 7) is 6.73. The Balaban J connectivity index is 0.00000225. The number of imide groups is 1. The molecule has 3 saturated heterocycles. The Morgan fingerprint density at radius 1 is 1.28 bits per heavy atom. The lowest BCUT2D eigenvalue weighted by Gasteiger charge is -2.24. The standard InChI is InChI=1S/C16H28N6O2.HI/c1-17-15(18-5-9-22-14(23)10-19-16(22)24)21-8-4-13(12-21)11-20-6-2-3-7-20;/h13H,2-12H2,1H3,(H,17,18)(H,19,24);1H. The summed E-state index contributed by atoms with van der Waals surface area (Å²) in [5, 5.41) is 5.81. The smallest absolute Gasteiger partial charge is 0.324 e. The van der Waals surface area contributed by atoms with E-state index >= 15 is 0 Å². The van der Waals surface area contributed by atoms with Crippen molar-refractivity contribution < 1.29 is 9.59 Å². The van der Waals surface area contributed by atoms with Gasteiger partial charge in [-0.1, -0.05) is 0 Å². The Morgan fingerprint density at radius 2 is 2.04 bits per heavy atom. The van der Waals surface area contributed by atoms with Crippen LogP contribution in [0.4, 0.5) is 4.79 Å². The average molecular weight is 464 g/mol. The van der Waals surface area contributed by atoms with Gasteiger partial charge in [0.25, 0.3) is 0 Å². The van der Waals surface area contributed by atoms with E-state index in [9.17, 15) is 9.59 Å². The van der Waals surface area contributed by atoms with E-state index < -0.39 is 0 Å². The predicted octanol–water partition coefficient (Wildman–Crippen LogP) is 0.149. The molecule has 9 heteroatoms. The van der Waals surface area contributed by atoms with E-state index in [2.05, 4.69) is 25.4 Å². The first-order valence-electron chi connectivity index (χ1n) is 8.93. The highest BCUT2D eigenvalue weighted by molar-refractivity contribution is 14.0. The van der Waals surface area contributed by atoms with Gasteiger partial charge in [-0.2, -0.15) is 0 Å².